The van der Waals surface area contributed by atoms with Crippen molar-refractivity contribution in [3.05, 3.63) is 0 Å². The number of rotatable bonds is 7. The SMILES string of the molecule is ClCCN(CCCC1CCCO1)C1CCC1. The highest BCUT2D eigenvalue weighted by Crippen LogP contribution is 2.25. The molecule has 1 saturated heterocycles. The number of alkyl halides is 1. The van der Waals surface area contributed by atoms with E-state index in [2.05, 4.69) is 4.90 Å². The number of hydrogen-bond acceptors (Lipinski definition) is 2. The Morgan fingerprint density at radius 1 is 1.12 bits per heavy atom. The Balaban J connectivity index is 1.60. The quantitative estimate of drug-likeness (QED) is 0.640. The van der Waals surface area contributed by atoms with Gasteiger partial charge in [0.05, 0.1) is 6.10 Å². The number of nitrogens with zero attached hydrogens (tertiary/aromatic N) is 1. The van der Waals surface area contributed by atoms with Gasteiger partial charge in [-0.2, -0.15) is 0 Å². The van der Waals surface area contributed by atoms with Gasteiger partial charge in [-0.05, 0) is 45.1 Å². The zero-order valence-electron chi connectivity index (χ0n) is 10.2. The van der Waals surface area contributed by atoms with Crippen molar-refractivity contribution in [2.24, 2.45) is 0 Å². The van der Waals surface area contributed by atoms with Crippen LogP contribution >= 0.6 is 11.6 Å². The highest BCUT2D eigenvalue weighted by atomic mass is 35.5. The average molecular weight is 246 g/mol. The standard InChI is InChI=1S/C13H24ClNO/c14-8-10-15(12-4-1-5-12)9-2-6-13-7-3-11-16-13/h12-13H,1-11H2. The van der Waals surface area contributed by atoms with Crippen LogP contribution in [0.5, 0.6) is 0 Å². The van der Waals surface area contributed by atoms with Crippen molar-refractivity contribution in [1.29, 1.82) is 0 Å². The van der Waals surface area contributed by atoms with E-state index in [4.69, 9.17) is 16.3 Å². The summed E-state index contributed by atoms with van der Waals surface area (Å²) < 4.78 is 5.65. The van der Waals surface area contributed by atoms with Gasteiger partial charge in [-0.25, -0.2) is 0 Å². The fraction of sp³-hybridized carbons (Fsp3) is 1.00. The van der Waals surface area contributed by atoms with Crippen LogP contribution in [0, 0.1) is 0 Å². The molecular weight excluding hydrogens is 222 g/mol. The van der Waals surface area contributed by atoms with Gasteiger partial charge in [0.25, 0.3) is 0 Å². The van der Waals surface area contributed by atoms with Crippen molar-refractivity contribution >= 4 is 11.6 Å². The topological polar surface area (TPSA) is 12.5 Å². The zero-order chi connectivity index (χ0) is 11.2. The van der Waals surface area contributed by atoms with Crippen LogP contribution in [0.15, 0.2) is 0 Å². The molecule has 0 radical (unpaired) electrons. The van der Waals surface area contributed by atoms with Crippen LogP contribution in [0.1, 0.15) is 44.9 Å². The van der Waals surface area contributed by atoms with Crippen molar-refractivity contribution in [3.63, 3.8) is 0 Å². The maximum atomic E-state index is 5.86. The van der Waals surface area contributed by atoms with Gasteiger partial charge in [-0.3, -0.25) is 4.90 Å². The summed E-state index contributed by atoms with van der Waals surface area (Å²) in [7, 11) is 0. The fourth-order valence-corrected chi connectivity index (χ4v) is 2.95. The van der Waals surface area contributed by atoms with Gasteiger partial charge in [0.15, 0.2) is 0 Å². The van der Waals surface area contributed by atoms with E-state index in [9.17, 15) is 0 Å². The molecule has 0 amide bonds. The van der Waals surface area contributed by atoms with E-state index < -0.39 is 0 Å². The molecular formula is C13H24ClNO. The van der Waals surface area contributed by atoms with E-state index in [1.807, 2.05) is 0 Å². The van der Waals surface area contributed by atoms with Crippen molar-refractivity contribution in [1.82, 2.24) is 4.90 Å². The molecule has 0 aromatic heterocycles. The third-order valence-electron chi connectivity index (χ3n) is 3.96. The zero-order valence-corrected chi connectivity index (χ0v) is 10.9. The van der Waals surface area contributed by atoms with Crippen molar-refractivity contribution in [2.45, 2.75) is 57.1 Å². The summed E-state index contributed by atoms with van der Waals surface area (Å²) in [5.41, 5.74) is 0. The second kappa shape index (κ2) is 6.83. The summed E-state index contributed by atoms with van der Waals surface area (Å²) in [5.74, 6) is 0.774. The Morgan fingerprint density at radius 3 is 2.56 bits per heavy atom. The van der Waals surface area contributed by atoms with Crippen LogP contribution in [-0.2, 0) is 4.74 Å². The molecule has 1 heterocycles. The van der Waals surface area contributed by atoms with Crippen molar-refractivity contribution in [3.8, 4) is 0 Å². The molecule has 2 rings (SSSR count). The fourth-order valence-electron chi connectivity index (χ4n) is 2.73. The first kappa shape index (κ1) is 12.7. The molecule has 16 heavy (non-hydrogen) atoms. The molecule has 1 aliphatic carbocycles. The first-order valence-corrected chi connectivity index (χ1v) is 7.35. The lowest BCUT2D eigenvalue weighted by molar-refractivity contribution is 0.0892. The lowest BCUT2D eigenvalue weighted by Crippen LogP contribution is -2.42. The van der Waals surface area contributed by atoms with Gasteiger partial charge in [0.2, 0.25) is 0 Å². The largest absolute Gasteiger partial charge is 0.378 e. The van der Waals surface area contributed by atoms with Gasteiger partial charge in [-0.15, -0.1) is 11.6 Å². The molecule has 1 atom stereocenters. The Labute approximate surface area is 104 Å². The van der Waals surface area contributed by atoms with E-state index >= 15 is 0 Å². The monoisotopic (exact) mass is 245 g/mol. The molecule has 1 aliphatic heterocycles. The molecule has 0 aromatic carbocycles. The highest BCUT2D eigenvalue weighted by molar-refractivity contribution is 6.18. The van der Waals surface area contributed by atoms with Crippen molar-refractivity contribution in [2.75, 3.05) is 25.6 Å². The summed E-state index contributed by atoms with van der Waals surface area (Å²) in [6.07, 6.45) is 9.79. The van der Waals surface area contributed by atoms with Crippen LogP contribution in [0.25, 0.3) is 0 Å². The van der Waals surface area contributed by atoms with E-state index in [1.165, 1.54) is 51.5 Å². The third-order valence-corrected chi connectivity index (χ3v) is 4.13. The lowest BCUT2D eigenvalue weighted by atomic mass is 9.91. The van der Waals surface area contributed by atoms with Gasteiger partial charge in [0, 0.05) is 25.1 Å². The Hall–Kier alpha value is 0.210. The minimum Gasteiger partial charge on any atom is -0.378 e. The molecule has 2 fully saturated rings. The Morgan fingerprint density at radius 2 is 2.00 bits per heavy atom. The molecule has 3 heteroatoms. The van der Waals surface area contributed by atoms with E-state index in [-0.39, 0.29) is 0 Å². The molecule has 0 spiro atoms. The van der Waals surface area contributed by atoms with Gasteiger partial charge < -0.3 is 4.74 Å². The predicted molar refractivity (Wildman–Crippen MR) is 68.1 cm³/mol. The van der Waals surface area contributed by atoms with Crippen LogP contribution in [0.2, 0.25) is 0 Å². The van der Waals surface area contributed by atoms with Crippen LogP contribution in [0.4, 0.5) is 0 Å². The van der Waals surface area contributed by atoms with Crippen LogP contribution < -0.4 is 0 Å². The number of hydrogen-bond donors (Lipinski definition) is 0. The summed E-state index contributed by atoms with van der Waals surface area (Å²) >= 11 is 5.86. The molecule has 0 N–H and O–H groups in total. The number of ether oxygens (including phenoxy) is 1. The Bertz CT molecular complexity index is 190. The minimum atomic E-state index is 0.555. The summed E-state index contributed by atoms with van der Waals surface area (Å²) in [6, 6.07) is 0.836. The summed E-state index contributed by atoms with van der Waals surface area (Å²) in [5, 5.41) is 0. The van der Waals surface area contributed by atoms with Gasteiger partial charge in [-0.1, -0.05) is 6.42 Å². The van der Waals surface area contributed by atoms with Gasteiger partial charge >= 0.3 is 0 Å². The van der Waals surface area contributed by atoms with Crippen LogP contribution in [-0.4, -0.2) is 42.6 Å². The molecule has 1 unspecified atom stereocenters. The molecule has 0 aromatic rings. The van der Waals surface area contributed by atoms with E-state index in [1.54, 1.807) is 0 Å². The molecule has 1 saturated carbocycles. The summed E-state index contributed by atoms with van der Waals surface area (Å²) in [6.45, 7) is 3.27. The van der Waals surface area contributed by atoms with E-state index in [0.29, 0.717) is 6.10 Å². The average Bonchev–Trinajstić information content (AvgIpc) is 2.68. The molecule has 2 nitrogen and oxygen atoms in total. The molecule has 0 bridgehead atoms. The maximum absolute atomic E-state index is 5.86. The number of halogens is 1. The van der Waals surface area contributed by atoms with Gasteiger partial charge in [0.1, 0.15) is 0 Å². The van der Waals surface area contributed by atoms with E-state index in [0.717, 1.165) is 25.1 Å². The minimum absolute atomic E-state index is 0.555. The third kappa shape index (κ3) is 3.61. The normalized spacial score (nSPS) is 26.2. The second-order valence-corrected chi connectivity index (χ2v) is 5.46. The first-order valence-electron chi connectivity index (χ1n) is 6.82. The summed E-state index contributed by atoms with van der Waals surface area (Å²) in [4.78, 5) is 2.59. The molecule has 2 aliphatic rings. The van der Waals surface area contributed by atoms with Crippen molar-refractivity contribution < 1.29 is 4.74 Å². The second-order valence-electron chi connectivity index (χ2n) is 5.09. The highest BCUT2D eigenvalue weighted by Gasteiger charge is 2.24. The smallest absolute Gasteiger partial charge is 0.0576 e. The molecule has 94 valence electrons. The lowest BCUT2D eigenvalue weighted by Gasteiger charge is -2.37. The maximum Gasteiger partial charge on any atom is 0.0576 e. The Kier molecular flexibility index (Phi) is 5.40. The first-order chi connectivity index (χ1) is 7.90. The van der Waals surface area contributed by atoms with Crippen LogP contribution in [0.3, 0.4) is 0 Å². The predicted octanol–water partition coefficient (Wildman–Crippen LogP) is 3.04.